The van der Waals surface area contributed by atoms with Crippen LogP contribution in [0.5, 0.6) is 5.88 Å². The van der Waals surface area contributed by atoms with Gasteiger partial charge in [0.15, 0.2) is 0 Å². The minimum Gasteiger partial charge on any atom is -0.473 e. The maximum absolute atomic E-state index is 12.3. The first kappa shape index (κ1) is 15.2. The van der Waals surface area contributed by atoms with Crippen LogP contribution < -0.4 is 10.1 Å². The second-order valence-corrected chi connectivity index (χ2v) is 6.54. The quantitative estimate of drug-likeness (QED) is 0.922. The standard InChI is InChI=1S/C16H15ClN2O2S/c17-12-2-1-3-13(9-12)19-16(20)11-4-6-18-15(8-11)21-14-5-7-22-10-14/h1-4,6,8-9,14H,5,7,10H2,(H,19,20). The van der Waals surface area contributed by atoms with Gasteiger partial charge in [0.25, 0.3) is 5.91 Å². The Kier molecular flexibility index (Phi) is 4.85. The number of halogens is 1. The van der Waals surface area contributed by atoms with Crippen molar-refractivity contribution in [1.29, 1.82) is 0 Å². The number of ether oxygens (including phenoxy) is 1. The van der Waals surface area contributed by atoms with E-state index in [0.717, 1.165) is 17.9 Å². The number of thioether (sulfide) groups is 1. The fourth-order valence-electron chi connectivity index (χ4n) is 2.16. The van der Waals surface area contributed by atoms with Gasteiger partial charge in [-0.25, -0.2) is 4.98 Å². The van der Waals surface area contributed by atoms with Crippen LogP contribution in [0.2, 0.25) is 5.02 Å². The first-order chi connectivity index (χ1) is 10.7. The van der Waals surface area contributed by atoms with E-state index in [0.29, 0.717) is 22.2 Å². The smallest absolute Gasteiger partial charge is 0.255 e. The molecule has 1 aromatic heterocycles. The topological polar surface area (TPSA) is 51.2 Å². The zero-order valence-corrected chi connectivity index (χ0v) is 13.4. The van der Waals surface area contributed by atoms with Gasteiger partial charge >= 0.3 is 0 Å². The minimum atomic E-state index is -0.213. The number of hydrogen-bond acceptors (Lipinski definition) is 4. The average Bonchev–Trinajstić information content (AvgIpc) is 3.00. The number of benzene rings is 1. The Morgan fingerprint density at radius 3 is 3.05 bits per heavy atom. The number of nitrogens with one attached hydrogen (secondary N) is 1. The van der Waals surface area contributed by atoms with Gasteiger partial charge in [0.05, 0.1) is 0 Å². The van der Waals surface area contributed by atoms with E-state index >= 15 is 0 Å². The molecular formula is C16H15ClN2O2S. The molecule has 0 spiro atoms. The molecule has 2 aromatic rings. The molecule has 2 heterocycles. The average molecular weight is 335 g/mol. The molecule has 0 saturated carbocycles. The maximum atomic E-state index is 12.3. The van der Waals surface area contributed by atoms with Crippen molar-refractivity contribution >= 4 is 35.0 Å². The molecule has 1 aliphatic rings. The Balaban J connectivity index is 1.69. The molecule has 1 atom stereocenters. The molecule has 1 N–H and O–H groups in total. The third-order valence-corrected chi connectivity index (χ3v) is 4.62. The molecule has 1 unspecified atom stereocenters. The highest BCUT2D eigenvalue weighted by molar-refractivity contribution is 7.99. The third-order valence-electron chi connectivity index (χ3n) is 3.25. The number of rotatable bonds is 4. The molecule has 0 bridgehead atoms. The molecular weight excluding hydrogens is 320 g/mol. The van der Waals surface area contributed by atoms with Gasteiger partial charge in [0.1, 0.15) is 6.10 Å². The number of carbonyl (C=O) groups is 1. The zero-order chi connectivity index (χ0) is 15.4. The summed E-state index contributed by atoms with van der Waals surface area (Å²) in [6, 6.07) is 10.4. The predicted octanol–water partition coefficient (Wildman–Crippen LogP) is 3.87. The van der Waals surface area contributed by atoms with Crippen LogP contribution in [-0.2, 0) is 0 Å². The summed E-state index contributed by atoms with van der Waals surface area (Å²) < 4.78 is 5.80. The highest BCUT2D eigenvalue weighted by Crippen LogP contribution is 2.22. The lowest BCUT2D eigenvalue weighted by molar-refractivity contribution is 0.102. The van der Waals surface area contributed by atoms with Crippen molar-refractivity contribution in [2.45, 2.75) is 12.5 Å². The van der Waals surface area contributed by atoms with E-state index in [1.165, 1.54) is 0 Å². The summed E-state index contributed by atoms with van der Waals surface area (Å²) >= 11 is 7.78. The van der Waals surface area contributed by atoms with E-state index in [1.54, 1.807) is 42.6 Å². The molecule has 6 heteroatoms. The summed E-state index contributed by atoms with van der Waals surface area (Å²) in [6.45, 7) is 0. The number of amides is 1. The van der Waals surface area contributed by atoms with Crippen LogP contribution in [-0.4, -0.2) is 28.5 Å². The Bertz CT molecular complexity index is 675. The summed E-state index contributed by atoms with van der Waals surface area (Å²) in [5.74, 6) is 2.36. The van der Waals surface area contributed by atoms with Crippen LogP contribution in [0, 0.1) is 0 Å². The fourth-order valence-corrected chi connectivity index (χ4v) is 3.45. The Morgan fingerprint density at radius 2 is 2.27 bits per heavy atom. The SMILES string of the molecule is O=C(Nc1cccc(Cl)c1)c1ccnc(OC2CCSC2)c1. The summed E-state index contributed by atoms with van der Waals surface area (Å²) in [7, 11) is 0. The highest BCUT2D eigenvalue weighted by atomic mass is 35.5. The molecule has 3 rings (SSSR count). The molecule has 0 radical (unpaired) electrons. The second-order valence-electron chi connectivity index (χ2n) is 4.95. The van der Waals surface area contributed by atoms with Crippen molar-refractivity contribution in [1.82, 2.24) is 4.98 Å². The third kappa shape index (κ3) is 3.93. The van der Waals surface area contributed by atoms with E-state index in [-0.39, 0.29) is 12.0 Å². The van der Waals surface area contributed by atoms with Crippen LogP contribution in [0.4, 0.5) is 5.69 Å². The Hall–Kier alpha value is -1.72. The zero-order valence-electron chi connectivity index (χ0n) is 11.8. The van der Waals surface area contributed by atoms with Gasteiger partial charge in [-0.05, 0) is 36.4 Å². The van der Waals surface area contributed by atoms with Crippen molar-refractivity contribution in [2.75, 3.05) is 16.8 Å². The van der Waals surface area contributed by atoms with Crippen molar-refractivity contribution in [2.24, 2.45) is 0 Å². The molecule has 4 nitrogen and oxygen atoms in total. The van der Waals surface area contributed by atoms with Crippen LogP contribution >= 0.6 is 23.4 Å². The fraction of sp³-hybridized carbons (Fsp3) is 0.250. The normalized spacial score (nSPS) is 17.2. The first-order valence-corrected chi connectivity index (χ1v) is 8.51. The molecule has 1 saturated heterocycles. The number of aromatic nitrogens is 1. The summed E-state index contributed by atoms with van der Waals surface area (Å²) in [4.78, 5) is 16.4. The van der Waals surface area contributed by atoms with E-state index in [1.807, 2.05) is 11.8 Å². The van der Waals surface area contributed by atoms with Crippen LogP contribution in [0.1, 0.15) is 16.8 Å². The minimum absolute atomic E-state index is 0.184. The number of hydrogen-bond donors (Lipinski definition) is 1. The van der Waals surface area contributed by atoms with Crippen molar-refractivity contribution in [3.63, 3.8) is 0 Å². The van der Waals surface area contributed by atoms with Gasteiger partial charge in [0, 0.05) is 34.3 Å². The lowest BCUT2D eigenvalue weighted by Crippen LogP contribution is -2.17. The summed E-state index contributed by atoms with van der Waals surface area (Å²) in [5, 5.41) is 3.39. The molecule has 1 fully saturated rings. The number of nitrogens with zero attached hydrogens (tertiary/aromatic N) is 1. The molecule has 0 aliphatic carbocycles. The van der Waals surface area contributed by atoms with E-state index in [4.69, 9.17) is 16.3 Å². The van der Waals surface area contributed by atoms with E-state index < -0.39 is 0 Å². The molecule has 1 aromatic carbocycles. The van der Waals surface area contributed by atoms with Gasteiger partial charge in [0.2, 0.25) is 5.88 Å². The highest BCUT2D eigenvalue weighted by Gasteiger charge is 2.18. The molecule has 22 heavy (non-hydrogen) atoms. The Labute approximate surface area is 138 Å². The number of anilines is 1. The largest absolute Gasteiger partial charge is 0.473 e. The van der Waals surface area contributed by atoms with E-state index in [2.05, 4.69) is 10.3 Å². The molecule has 1 aliphatic heterocycles. The Morgan fingerprint density at radius 1 is 1.36 bits per heavy atom. The lowest BCUT2D eigenvalue weighted by atomic mass is 10.2. The van der Waals surface area contributed by atoms with Crippen molar-refractivity contribution < 1.29 is 9.53 Å². The van der Waals surface area contributed by atoms with Gasteiger partial charge < -0.3 is 10.1 Å². The number of pyridine rings is 1. The second kappa shape index (κ2) is 7.03. The van der Waals surface area contributed by atoms with Crippen LogP contribution in [0.15, 0.2) is 42.6 Å². The van der Waals surface area contributed by atoms with Crippen molar-refractivity contribution in [3.05, 3.63) is 53.2 Å². The maximum Gasteiger partial charge on any atom is 0.255 e. The predicted molar refractivity (Wildman–Crippen MR) is 90.0 cm³/mol. The summed E-state index contributed by atoms with van der Waals surface area (Å²) in [6.07, 6.45) is 2.79. The lowest BCUT2D eigenvalue weighted by Gasteiger charge is -2.12. The summed E-state index contributed by atoms with van der Waals surface area (Å²) in [5.41, 5.74) is 1.17. The first-order valence-electron chi connectivity index (χ1n) is 6.98. The van der Waals surface area contributed by atoms with Crippen LogP contribution in [0.25, 0.3) is 0 Å². The van der Waals surface area contributed by atoms with Gasteiger partial charge in [-0.2, -0.15) is 11.8 Å². The monoisotopic (exact) mass is 334 g/mol. The van der Waals surface area contributed by atoms with Crippen molar-refractivity contribution in [3.8, 4) is 5.88 Å². The molecule has 1 amide bonds. The van der Waals surface area contributed by atoms with Gasteiger partial charge in [-0.15, -0.1) is 0 Å². The van der Waals surface area contributed by atoms with E-state index in [9.17, 15) is 4.79 Å². The molecule has 114 valence electrons. The van der Waals surface area contributed by atoms with Crippen LogP contribution in [0.3, 0.4) is 0 Å². The van der Waals surface area contributed by atoms with Gasteiger partial charge in [-0.1, -0.05) is 17.7 Å². The number of carbonyl (C=O) groups excluding carboxylic acids is 1. The van der Waals surface area contributed by atoms with Gasteiger partial charge in [-0.3, -0.25) is 4.79 Å².